The van der Waals surface area contributed by atoms with Crippen LogP contribution in [0.4, 0.5) is 11.4 Å². The van der Waals surface area contributed by atoms with E-state index in [9.17, 15) is 4.79 Å². The van der Waals surface area contributed by atoms with Crippen LogP contribution in [0.3, 0.4) is 0 Å². The van der Waals surface area contributed by atoms with Crippen molar-refractivity contribution in [2.75, 3.05) is 25.5 Å². The van der Waals surface area contributed by atoms with Crippen molar-refractivity contribution >= 4 is 57.2 Å². The first-order valence-corrected chi connectivity index (χ1v) is 11.6. The minimum atomic E-state index is 0.175. The van der Waals surface area contributed by atoms with Gasteiger partial charge in [0.15, 0.2) is 6.29 Å². The summed E-state index contributed by atoms with van der Waals surface area (Å²) in [5.74, 6) is 0. The third-order valence-electron chi connectivity index (χ3n) is 4.42. The summed E-state index contributed by atoms with van der Waals surface area (Å²) < 4.78 is 0. The molecule has 0 unspecified atom stereocenters. The highest BCUT2D eigenvalue weighted by atomic mass is 35.5. The minimum absolute atomic E-state index is 0.175. The van der Waals surface area contributed by atoms with Crippen molar-refractivity contribution in [3.8, 4) is 0 Å². The van der Waals surface area contributed by atoms with Crippen LogP contribution in [0.5, 0.6) is 0 Å². The number of aliphatic hydroxyl groups is 1. The Balaban J connectivity index is 0.00000166. The number of carbonyl (C=O) groups is 1. The Labute approximate surface area is 192 Å². The second kappa shape index (κ2) is 13.0. The van der Waals surface area contributed by atoms with E-state index in [0.717, 1.165) is 53.7 Å². The molecule has 0 saturated carbocycles. The van der Waals surface area contributed by atoms with E-state index < -0.39 is 0 Å². The number of allylic oxidation sites excluding steroid dienone is 5. The van der Waals surface area contributed by atoms with E-state index in [-0.39, 0.29) is 6.61 Å². The van der Waals surface area contributed by atoms with Gasteiger partial charge in [-0.25, -0.2) is 9.98 Å². The number of aromatic nitrogens is 1. The zero-order valence-electron chi connectivity index (χ0n) is 18.1. The fourth-order valence-electron chi connectivity index (χ4n) is 2.91. The normalized spacial score (nSPS) is 13.3. The van der Waals surface area contributed by atoms with Gasteiger partial charge in [0.1, 0.15) is 4.83 Å². The van der Waals surface area contributed by atoms with Crippen molar-refractivity contribution in [1.29, 1.82) is 0 Å². The van der Waals surface area contributed by atoms with Crippen molar-refractivity contribution < 1.29 is 9.90 Å². The lowest BCUT2D eigenvalue weighted by molar-refractivity contribution is 0.112. The number of halogens is 1. The second-order valence-corrected chi connectivity index (χ2v) is 7.94. The number of hydrogen-bond acceptors (Lipinski definition) is 6. The number of aliphatic hydroxyl groups excluding tert-OH is 1. The van der Waals surface area contributed by atoms with Gasteiger partial charge in [0.2, 0.25) is 0 Å². The van der Waals surface area contributed by atoms with E-state index >= 15 is 0 Å². The standard InChI is InChI=1S/C21H23ClN4O2S.C2H6/c1-26(16-6-4-5-15(22)7-8-16)14-25-20-18(13-28)29-21-19(20)17(9-11-24-21)23-10-2-3-12-27;1-2/h5-9,11,13-14,27H,2-4,10,12H2,1H3,(H,23,24);1-2H3. The van der Waals surface area contributed by atoms with Crippen molar-refractivity contribution in [2.45, 2.75) is 33.1 Å². The number of likely N-dealkylation sites (N-methyl/N-ethyl adjacent to an activating group) is 1. The van der Waals surface area contributed by atoms with Gasteiger partial charge in [-0.05, 0) is 37.5 Å². The largest absolute Gasteiger partial charge is 0.396 e. The Morgan fingerprint density at radius 2 is 2.13 bits per heavy atom. The van der Waals surface area contributed by atoms with E-state index in [1.54, 1.807) is 12.5 Å². The Bertz CT molecular complexity index is 995. The average molecular weight is 461 g/mol. The van der Waals surface area contributed by atoms with E-state index in [1.165, 1.54) is 11.3 Å². The van der Waals surface area contributed by atoms with Crippen molar-refractivity contribution in [2.24, 2.45) is 4.99 Å². The zero-order chi connectivity index (χ0) is 22.6. The molecule has 8 heteroatoms. The van der Waals surface area contributed by atoms with Gasteiger partial charge in [0.05, 0.1) is 22.3 Å². The molecule has 1 aliphatic rings. The zero-order valence-corrected chi connectivity index (χ0v) is 19.7. The van der Waals surface area contributed by atoms with Gasteiger partial charge in [0.25, 0.3) is 0 Å². The molecule has 0 radical (unpaired) electrons. The summed E-state index contributed by atoms with van der Waals surface area (Å²) in [5, 5.41) is 13.9. The molecule has 0 fully saturated rings. The molecule has 0 aliphatic heterocycles. The van der Waals surface area contributed by atoms with Crippen LogP contribution < -0.4 is 5.32 Å². The number of aldehydes is 1. The molecule has 1 aliphatic carbocycles. The summed E-state index contributed by atoms with van der Waals surface area (Å²) in [6.45, 7) is 4.90. The lowest BCUT2D eigenvalue weighted by Gasteiger charge is -2.14. The second-order valence-electron chi connectivity index (χ2n) is 6.47. The maximum Gasteiger partial charge on any atom is 0.162 e. The van der Waals surface area contributed by atoms with E-state index in [0.29, 0.717) is 15.6 Å². The van der Waals surface area contributed by atoms with Crippen LogP contribution in [0.15, 0.2) is 52.3 Å². The Hall–Kier alpha value is -2.48. The highest BCUT2D eigenvalue weighted by Gasteiger charge is 2.16. The third kappa shape index (κ3) is 6.75. The van der Waals surface area contributed by atoms with Gasteiger partial charge in [-0.1, -0.05) is 37.6 Å². The molecular weight excluding hydrogens is 432 g/mol. The molecule has 0 atom stereocenters. The fraction of sp³-hybridized carbons (Fsp3) is 0.348. The van der Waals surface area contributed by atoms with E-state index in [1.807, 2.05) is 50.1 Å². The molecular formula is C23H29ClN4O2S. The highest BCUT2D eigenvalue weighted by molar-refractivity contribution is 7.21. The maximum absolute atomic E-state index is 11.6. The molecule has 6 nitrogen and oxygen atoms in total. The number of nitrogens with zero attached hydrogens (tertiary/aromatic N) is 3. The fourth-order valence-corrected chi connectivity index (χ4v) is 3.99. The smallest absolute Gasteiger partial charge is 0.162 e. The molecule has 0 bridgehead atoms. The van der Waals surface area contributed by atoms with Gasteiger partial charge >= 0.3 is 0 Å². The number of fused-ring (bicyclic) bond motifs is 1. The number of pyridine rings is 1. The number of rotatable bonds is 9. The first-order chi connectivity index (χ1) is 15.1. The first kappa shape index (κ1) is 24.8. The summed E-state index contributed by atoms with van der Waals surface area (Å²) in [6, 6.07) is 1.88. The summed E-state index contributed by atoms with van der Waals surface area (Å²) in [7, 11) is 1.90. The van der Waals surface area contributed by atoms with Crippen LogP contribution in [-0.2, 0) is 0 Å². The van der Waals surface area contributed by atoms with Crippen LogP contribution >= 0.6 is 22.9 Å². The molecule has 2 N–H and O–H groups in total. The summed E-state index contributed by atoms with van der Waals surface area (Å²) in [4.78, 5) is 23.9. The topological polar surface area (TPSA) is 77.8 Å². The van der Waals surface area contributed by atoms with Crippen LogP contribution in [0, 0.1) is 0 Å². The molecule has 2 aromatic heterocycles. The summed E-state index contributed by atoms with van der Waals surface area (Å²) in [5.41, 5.74) is 2.46. The third-order valence-corrected chi connectivity index (χ3v) is 5.71. The monoisotopic (exact) mass is 460 g/mol. The Kier molecular flexibility index (Phi) is 10.4. The Morgan fingerprint density at radius 1 is 1.32 bits per heavy atom. The first-order valence-electron chi connectivity index (χ1n) is 10.4. The molecule has 2 aromatic rings. The molecule has 0 aromatic carbocycles. The van der Waals surface area contributed by atoms with Crippen LogP contribution in [0.25, 0.3) is 10.2 Å². The predicted molar refractivity (Wildman–Crippen MR) is 133 cm³/mol. The lowest BCUT2D eigenvalue weighted by atomic mass is 10.2. The average Bonchev–Trinajstić information content (AvgIpc) is 3.02. The van der Waals surface area contributed by atoms with Crippen LogP contribution in [-0.4, -0.2) is 47.8 Å². The van der Waals surface area contributed by atoms with Crippen LogP contribution in [0.2, 0.25) is 0 Å². The highest BCUT2D eigenvalue weighted by Crippen LogP contribution is 2.40. The van der Waals surface area contributed by atoms with Gasteiger partial charge in [-0.15, -0.1) is 11.3 Å². The quantitative estimate of drug-likeness (QED) is 0.211. The van der Waals surface area contributed by atoms with Crippen molar-refractivity contribution in [3.05, 3.63) is 52.2 Å². The number of anilines is 1. The summed E-state index contributed by atoms with van der Waals surface area (Å²) >= 11 is 7.38. The predicted octanol–water partition coefficient (Wildman–Crippen LogP) is 5.88. The molecule has 3 rings (SSSR count). The molecule has 2 heterocycles. The molecule has 31 heavy (non-hydrogen) atoms. The minimum Gasteiger partial charge on any atom is -0.396 e. The van der Waals surface area contributed by atoms with E-state index in [2.05, 4.69) is 21.4 Å². The molecule has 166 valence electrons. The van der Waals surface area contributed by atoms with Crippen molar-refractivity contribution in [1.82, 2.24) is 9.88 Å². The molecule has 0 amide bonds. The maximum atomic E-state index is 11.6. The number of carbonyl (C=O) groups excluding carboxylic acids is 1. The number of thiophene rings is 1. The molecule has 0 saturated heterocycles. The van der Waals surface area contributed by atoms with Crippen molar-refractivity contribution in [3.63, 3.8) is 0 Å². The van der Waals surface area contributed by atoms with Gasteiger partial charge in [-0.3, -0.25) is 4.79 Å². The van der Waals surface area contributed by atoms with Gasteiger partial charge in [-0.2, -0.15) is 0 Å². The lowest BCUT2D eigenvalue weighted by Crippen LogP contribution is -2.13. The summed E-state index contributed by atoms with van der Waals surface area (Å²) in [6.07, 6.45) is 14.3. The number of unbranched alkanes of at least 4 members (excludes halogenated alkanes) is 1. The SMILES string of the molecule is CC.CN(C=Nc1c(C=O)sc2nccc(NCCCCO)c12)C1=CCC=C(Cl)C=C1. The number of aliphatic imine (C=N–C) groups is 1. The molecule has 0 spiro atoms. The number of nitrogens with one attached hydrogen (secondary N) is 1. The van der Waals surface area contributed by atoms with E-state index in [4.69, 9.17) is 16.7 Å². The van der Waals surface area contributed by atoms with Gasteiger partial charge in [0, 0.05) is 42.8 Å². The number of hydrogen-bond donors (Lipinski definition) is 2. The van der Waals surface area contributed by atoms with Gasteiger partial charge < -0.3 is 15.3 Å². The Morgan fingerprint density at radius 3 is 2.87 bits per heavy atom. The van der Waals surface area contributed by atoms with Crippen LogP contribution in [0.1, 0.15) is 42.8 Å².